The zero-order valence-electron chi connectivity index (χ0n) is 16.6. The van der Waals surface area contributed by atoms with Crippen LogP contribution in [0.4, 0.5) is 10.7 Å². The van der Waals surface area contributed by atoms with Crippen molar-refractivity contribution >= 4 is 40.8 Å². The number of hydrogen-bond donors (Lipinski definition) is 0. The molecule has 4 heterocycles. The fraction of sp³-hybridized carbons (Fsp3) is 0.381. The number of carbonyl (C=O) groups is 3. The topological polar surface area (TPSA) is 93.2 Å². The average molecular weight is 430 g/mol. The molecule has 2 aliphatic heterocycles. The largest absolute Gasteiger partial charge is 0.463 e. The standard InChI is InChI=1S/C21H22N2O6S/c1-27-20(25)16-8-6-15(28-16)13-23-19(24)17(30-21(23)26)12-14-7-9-18(29-14)22-10-4-2-3-5-11-22/h6-9,12H,2-5,10-11,13H2,1H3/b17-12+. The van der Waals surface area contributed by atoms with Gasteiger partial charge in [0.2, 0.25) is 5.76 Å². The lowest BCUT2D eigenvalue weighted by Gasteiger charge is -2.18. The minimum atomic E-state index is -0.617. The molecule has 0 aromatic carbocycles. The van der Waals surface area contributed by atoms with E-state index in [0.717, 1.165) is 48.5 Å². The van der Waals surface area contributed by atoms with E-state index in [1.165, 1.54) is 26.0 Å². The van der Waals surface area contributed by atoms with Gasteiger partial charge in [0.05, 0.1) is 18.6 Å². The molecular formula is C21H22N2O6S. The van der Waals surface area contributed by atoms with Gasteiger partial charge in [0.1, 0.15) is 11.5 Å². The number of hydrogen-bond acceptors (Lipinski definition) is 8. The molecule has 2 fully saturated rings. The summed E-state index contributed by atoms with van der Waals surface area (Å²) in [6, 6.07) is 6.70. The first kappa shape index (κ1) is 20.3. The summed E-state index contributed by atoms with van der Waals surface area (Å²) in [4.78, 5) is 40.1. The number of anilines is 1. The normalized spacial score (nSPS) is 18.9. The van der Waals surface area contributed by atoms with Crippen LogP contribution in [-0.4, -0.2) is 42.2 Å². The van der Waals surface area contributed by atoms with Gasteiger partial charge in [0.15, 0.2) is 5.88 Å². The molecule has 0 atom stereocenters. The van der Waals surface area contributed by atoms with Gasteiger partial charge >= 0.3 is 5.97 Å². The second kappa shape index (κ2) is 8.83. The summed E-state index contributed by atoms with van der Waals surface area (Å²) in [5, 5.41) is -0.401. The van der Waals surface area contributed by atoms with Gasteiger partial charge in [-0.1, -0.05) is 12.8 Å². The van der Waals surface area contributed by atoms with Crippen molar-refractivity contribution < 1.29 is 28.0 Å². The number of furan rings is 2. The highest BCUT2D eigenvalue weighted by molar-refractivity contribution is 8.18. The molecule has 2 aromatic heterocycles. The highest BCUT2D eigenvalue weighted by Gasteiger charge is 2.36. The Labute approximate surface area is 177 Å². The lowest BCUT2D eigenvalue weighted by molar-refractivity contribution is -0.123. The van der Waals surface area contributed by atoms with Crippen LogP contribution in [0.15, 0.2) is 38.0 Å². The molecular weight excluding hydrogens is 408 g/mol. The molecule has 158 valence electrons. The summed E-state index contributed by atoms with van der Waals surface area (Å²) in [6.45, 7) is 1.86. The molecule has 0 saturated carbocycles. The Morgan fingerprint density at radius 3 is 2.60 bits per heavy atom. The molecule has 9 heteroatoms. The van der Waals surface area contributed by atoms with Crippen LogP contribution in [0.1, 0.15) is 47.8 Å². The van der Waals surface area contributed by atoms with Crippen molar-refractivity contribution in [2.45, 2.75) is 32.2 Å². The number of thioether (sulfide) groups is 1. The molecule has 2 saturated heterocycles. The van der Waals surface area contributed by atoms with Crippen LogP contribution in [0.2, 0.25) is 0 Å². The SMILES string of the molecule is COC(=O)c1ccc(CN2C(=O)S/C(=C/c3ccc(N4CCCCCC4)o3)C2=O)o1. The Bertz CT molecular complexity index is 983. The van der Waals surface area contributed by atoms with E-state index < -0.39 is 17.1 Å². The van der Waals surface area contributed by atoms with E-state index in [4.69, 9.17) is 8.83 Å². The predicted molar refractivity (Wildman–Crippen MR) is 111 cm³/mol. The number of esters is 1. The van der Waals surface area contributed by atoms with Gasteiger partial charge in [-0.2, -0.15) is 0 Å². The van der Waals surface area contributed by atoms with Gasteiger partial charge in [0.25, 0.3) is 11.1 Å². The van der Waals surface area contributed by atoms with Crippen LogP contribution in [0.5, 0.6) is 0 Å². The zero-order chi connectivity index (χ0) is 21.1. The van der Waals surface area contributed by atoms with Crippen molar-refractivity contribution in [3.8, 4) is 0 Å². The number of nitrogens with zero attached hydrogens (tertiary/aromatic N) is 2. The van der Waals surface area contributed by atoms with Gasteiger partial charge in [-0.25, -0.2) is 4.79 Å². The number of ether oxygens (including phenoxy) is 1. The van der Waals surface area contributed by atoms with E-state index in [1.807, 2.05) is 12.1 Å². The van der Waals surface area contributed by atoms with Gasteiger partial charge in [0, 0.05) is 25.2 Å². The monoisotopic (exact) mass is 430 g/mol. The smallest absolute Gasteiger partial charge is 0.373 e. The lowest BCUT2D eigenvalue weighted by Crippen LogP contribution is -2.27. The summed E-state index contributed by atoms with van der Waals surface area (Å²) in [5.41, 5.74) is 0. The Hall–Kier alpha value is -2.94. The Morgan fingerprint density at radius 2 is 1.87 bits per heavy atom. The van der Waals surface area contributed by atoms with Crippen LogP contribution < -0.4 is 4.90 Å². The predicted octanol–water partition coefficient (Wildman–Crippen LogP) is 4.28. The summed E-state index contributed by atoms with van der Waals surface area (Å²) in [5.74, 6) is 0.619. The fourth-order valence-corrected chi connectivity index (χ4v) is 4.29. The number of carbonyl (C=O) groups excluding carboxylic acids is 3. The number of amides is 2. The van der Waals surface area contributed by atoms with E-state index in [0.29, 0.717) is 11.5 Å². The van der Waals surface area contributed by atoms with Gasteiger partial charge < -0.3 is 18.5 Å². The third-order valence-electron chi connectivity index (χ3n) is 5.04. The van der Waals surface area contributed by atoms with Crippen molar-refractivity contribution in [2.24, 2.45) is 0 Å². The molecule has 0 unspecified atom stereocenters. The molecule has 2 amide bonds. The van der Waals surface area contributed by atoms with E-state index in [2.05, 4.69) is 9.64 Å². The quantitative estimate of drug-likeness (QED) is 0.513. The van der Waals surface area contributed by atoms with Crippen molar-refractivity contribution in [3.05, 3.63) is 46.5 Å². The van der Waals surface area contributed by atoms with Crippen LogP contribution in [-0.2, 0) is 16.1 Å². The highest BCUT2D eigenvalue weighted by Crippen LogP contribution is 2.34. The first-order chi connectivity index (χ1) is 14.5. The van der Waals surface area contributed by atoms with Crippen molar-refractivity contribution in [1.82, 2.24) is 4.90 Å². The van der Waals surface area contributed by atoms with E-state index in [9.17, 15) is 14.4 Å². The van der Waals surface area contributed by atoms with Gasteiger partial charge in [-0.15, -0.1) is 0 Å². The minimum absolute atomic E-state index is 0.0200. The van der Waals surface area contributed by atoms with E-state index in [-0.39, 0.29) is 17.2 Å². The fourth-order valence-electron chi connectivity index (χ4n) is 3.48. The molecule has 0 radical (unpaired) electrons. The summed E-state index contributed by atoms with van der Waals surface area (Å²) in [6.07, 6.45) is 6.33. The molecule has 0 aliphatic carbocycles. The summed E-state index contributed by atoms with van der Waals surface area (Å²) < 4.78 is 15.9. The molecule has 0 N–H and O–H groups in total. The molecule has 8 nitrogen and oxygen atoms in total. The number of methoxy groups -OCH3 is 1. The molecule has 2 aromatic rings. The van der Waals surface area contributed by atoms with Crippen molar-refractivity contribution in [2.75, 3.05) is 25.1 Å². The lowest BCUT2D eigenvalue weighted by atomic mass is 10.2. The Balaban J connectivity index is 1.45. The average Bonchev–Trinajstić information content (AvgIpc) is 3.40. The number of imide groups is 1. The molecule has 0 bridgehead atoms. The maximum Gasteiger partial charge on any atom is 0.373 e. The Morgan fingerprint density at radius 1 is 1.10 bits per heavy atom. The third-order valence-corrected chi connectivity index (χ3v) is 5.95. The van der Waals surface area contributed by atoms with Crippen molar-refractivity contribution in [3.63, 3.8) is 0 Å². The van der Waals surface area contributed by atoms with Gasteiger partial charge in [-0.3, -0.25) is 14.5 Å². The van der Waals surface area contributed by atoms with Crippen molar-refractivity contribution in [1.29, 1.82) is 0 Å². The van der Waals surface area contributed by atoms with Crippen LogP contribution in [0, 0.1) is 0 Å². The second-order valence-electron chi connectivity index (χ2n) is 7.10. The molecule has 0 spiro atoms. The minimum Gasteiger partial charge on any atom is -0.463 e. The Kier molecular flexibility index (Phi) is 5.98. The highest BCUT2D eigenvalue weighted by atomic mass is 32.2. The van der Waals surface area contributed by atoms with Crippen LogP contribution in [0.3, 0.4) is 0 Å². The van der Waals surface area contributed by atoms with Gasteiger partial charge in [-0.05, 0) is 42.8 Å². The third kappa shape index (κ3) is 4.30. The molecule has 2 aliphatic rings. The summed E-state index contributed by atoms with van der Waals surface area (Å²) >= 11 is 0.853. The second-order valence-corrected chi connectivity index (χ2v) is 8.10. The van der Waals surface area contributed by atoms with Crippen LogP contribution >= 0.6 is 11.8 Å². The zero-order valence-corrected chi connectivity index (χ0v) is 17.4. The maximum absolute atomic E-state index is 12.7. The molecule has 30 heavy (non-hydrogen) atoms. The maximum atomic E-state index is 12.7. The van der Waals surface area contributed by atoms with E-state index >= 15 is 0 Å². The van der Waals surface area contributed by atoms with E-state index in [1.54, 1.807) is 12.1 Å². The molecule has 4 rings (SSSR count). The summed E-state index contributed by atoms with van der Waals surface area (Å²) in [7, 11) is 1.25. The van der Waals surface area contributed by atoms with Crippen LogP contribution in [0.25, 0.3) is 6.08 Å². The first-order valence-corrected chi connectivity index (χ1v) is 10.6. The first-order valence-electron chi connectivity index (χ1n) is 9.82. The number of rotatable bonds is 5.